The van der Waals surface area contributed by atoms with E-state index in [4.69, 9.17) is 9.57 Å². The topological polar surface area (TPSA) is 60.8 Å². The van der Waals surface area contributed by atoms with E-state index in [2.05, 4.69) is 0 Å². The number of nitrogens with zero attached hydrogens (tertiary/aromatic N) is 2. The van der Waals surface area contributed by atoms with Gasteiger partial charge in [-0.15, -0.1) is 0 Å². The van der Waals surface area contributed by atoms with E-state index in [0.717, 1.165) is 16.5 Å². The molecule has 0 N–H and O–H groups in total. The van der Waals surface area contributed by atoms with Crippen LogP contribution in [0, 0.1) is 6.92 Å². The molecule has 4 rings (SSSR count). The zero-order chi connectivity index (χ0) is 18.3. The summed E-state index contributed by atoms with van der Waals surface area (Å²) in [7, 11) is 1.42. The molecule has 1 unspecified atom stereocenters. The first kappa shape index (κ1) is 16.4. The van der Waals surface area contributed by atoms with Gasteiger partial charge in [0.05, 0.1) is 19.0 Å². The summed E-state index contributed by atoms with van der Waals surface area (Å²) < 4.78 is 7.23. The lowest BCUT2D eigenvalue weighted by molar-refractivity contribution is -0.151. The summed E-state index contributed by atoms with van der Waals surface area (Å²) in [5, 5.41) is 2.18. The van der Waals surface area contributed by atoms with Gasteiger partial charge in [-0.05, 0) is 36.8 Å². The van der Waals surface area contributed by atoms with Crippen molar-refractivity contribution in [3.05, 3.63) is 65.9 Å². The smallest absolute Gasteiger partial charge is 0.315 e. The van der Waals surface area contributed by atoms with E-state index in [1.165, 1.54) is 12.2 Å². The lowest BCUT2D eigenvalue weighted by Gasteiger charge is -2.23. The predicted molar refractivity (Wildman–Crippen MR) is 95.6 cm³/mol. The second-order valence-corrected chi connectivity index (χ2v) is 6.25. The lowest BCUT2D eigenvalue weighted by Crippen LogP contribution is -2.31. The van der Waals surface area contributed by atoms with E-state index in [-0.39, 0.29) is 12.3 Å². The second-order valence-electron chi connectivity index (χ2n) is 6.25. The van der Waals surface area contributed by atoms with Crippen LogP contribution in [0.15, 0.2) is 54.6 Å². The van der Waals surface area contributed by atoms with Crippen LogP contribution in [-0.2, 0) is 9.63 Å². The van der Waals surface area contributed by atoms with Crippen molar-refractivity contribution >= 4 is 22.8 Å². The Morgan fingerprint density at radius 3 is 2.62 bits per heavy atom. The maximum atomic E-state index is 12.7. The number of amides is 1. The van der Waals surface area contributed by atoms with Crippen molar-refractivity contribution in [3.63, 3.8) is 0 Å². The van der Waals surface area contributed by atoms with Crippen LogP contribution >= 0.6 is 0 Å². The molecule has 1 aromatic heterocycles. The van der Waals surface area contributed by atoms with Gasteiger partial charge in [0, 0.05) is 5.39 Å². The minimum absolute atomic E-state index is 0.0147. The lowest BCUT2D eigenvalue weighted by atomic mass is 10.2. The molecule has 1 amide bonds. The van der Waals surface area contributed by atoms with Gasteiger partial charge in [-0.3, -0.25) is 14.4 Å². The largest absolute Gasteiger partial charge is 0.426 e. The van der Waals surface area contributed by atoms with Crippen molar-refractivity contribution in [2.45, 2.75) is 19.5 Å². The molecule has 0 aliphatic carbocycles. The first-order chi connectivity index (χ1) is 12.6. The van der Waals surface area contributed by atoms with Crippen molar-refractivity contribution in [1.29, 1.82) is 0 Å². The molecule has 132 valence electrons. The van der Waals surface area contributed by atoms with Gasteiger partial charge in [0.2, 0.25) is 0 Å². The highest BCUT2D eigenvalue weighted by Gasteiger charge is 2.40. The molecule has 0 spiro atoms. The van der Waals surface area contributed by atoms with Gasteiger partial charge in [0.1, 0.15) is 17.6 Å². The number of hydrogen-bond donors (Lipinski definition) is 0. The van der Waals surface area contributed by atoms with Crippen LogP contribution in [-0.4, -0.2) is 28.6 Å². The molecule has 0 saturated heterocycles. The molecule has 2 heterocycles. The summed E-state index contributed by atoms with van der Waals surface area (Å²) in [5.41, 5.74) is 2.47. The number of benzene rings is 2. The Morgan fingerprint density at radius 1 is 1.12 bits per heavy atom. The fourth-order valence-electron chi connectivity index (χ4n) is 3.36. The van der Waals surface area contributed by atoms with Gasteiger partial charge in [0.25, 0.3) is 5.91 Å². The normalized spacial score (nSPS) is 16.2. The number of esters is 1. The zero-order valence-electron chi connectivity index (χ0n) is 14.5. The van der Waals surface area contributed by atoms with Crippen molar-refractivity contribution in [1.82, 2.24) is 9.63 Å². The van der Waals surface area contributed by atoms with Gasteiger partial charge in [-0.25, -0.2) is 0 Å². The predicted octanol–water partition coefficient (Wildman–Crippen LogP) is 3.46. The quantitative estimate of drug-likeness (QED) is 0.534. The Kier molecular flexibility index (Phi) is 3.97. The van der Waals surface area contributed by atoms with Crippen LogP contribution in [0.5, 0.6) is 5.75 Å². The summed E-state index contributed by atoms with van der Waals surface area (Å²) in [4.78, 5) is 30.4. The van der Waals surface area contributed by atoms with E-state index in [9.17, 15) is 9.59 Å². The van der Waals surface area contributed by atoms with Gasteiger partial charge in [-0.2, -0.15) is 5.06 Å². The number of hydrogen-bond acceptors (Lipinski definition) is 4. The molecule has 1 aliphatic heterocycles. The highest BCUT2D eigenvalue weighted by Crippen LogP contribution is 2.36. The number of hydroxylamine groups is 2. The fourth-order valence-corrected chi connectivity index (χ4v) is 3.36. The van der Waals surface area contributed by atoms with Crippen molar-refractivity contribution in [3.8, 4) is 5.75 Å². The third kappa shape index (κ3) is 2.64. The SMILES string of the molecule is CON1C(=O)c2cc3ccc(C)cc3n2C1CC(=O)Oc1ccccc1. The van der Waals surface area contributed by atoms with Crippen LogP contribution in [0.4, 0.5) is 0 Å². The molecule has 0 fully saturated rings. The maximum absolute atomic E-state index is 12.7. The van der Waals surface area contributed by atoms with Gasteiger partial charge in [0.15, 0.2) is 0 Å². The highest BCUT2D eigenvalue weighted by atomic mass is 16.7. The second kappa shape index (κ2) is 6.31. The summed E-state index contributed by atoms with van der Waals surface area (Å²) in [6.45, 7) is 1.99. The number of rotatable bonds is 4. The Hall–Kier alpha value is -3.12. The van der Waals surface area contributed by atoms with Gasteiger partial charge >= 0.3 is 5.97 Å². The summed E-state index contributed by atoms with van der Waals surface area (Å²) in [5.74, 6) is -0.225. The molecule has 0 radical (unpaired) electrons. The van der Waals surface area contributed by atoms with Gasteiger partial charge < -0.3 is 9.30 Å². The van der Waals surface area contributed by atoms with Crippen molar-refractivity contribution < 1.29 is 19.2 Å². The summed E-state index contributed by atoms with van der Waals surface area (Å²) in [6.07, 6.45) is -0.600. The molecule has 6 heteroatoms. The Labute approximate surface area is 150 Å². The standard InChI is InChI=1S/C20H18N2O4/c1-13-8-9-14-11-17-20(24)22(25-2)18(21(17)16(14)10-13)12-19(23)26-15-6-4-3-5-7-15/h3-11,18H,12H2,1-2H3. The Morgan fingerprint density at radius 2 is 1.88 bits per heavy atom. The Balaban J connectivity index is 1.69. The van der Waals surface area contributed by atoms with E-state index < -0.39 is 12.1 Å². The molecular weight excluding hydrogens is 332 g/mol. The monoisotopic (exact) mass is 350 g/mol. The third-order valence-corrected chi connectivity index (χ3v) is 4.51. The average Bonchev–Trinajstić information content (AvgIpc) is 3.11. The summed E-state index contributed by atoms with van der Waals surface area (Å²) in [6, 6.07) is 16.7. The number of aryl methyl sites for hydroxylation is 1. The number of fused-ring (bicyclic) bond motifs is 3. The minimum Gasteiger partial charge on any atom is -0.426 e. The van der Waals surface area contributed by atoms with E-state index in [1.54, 1.807) is 24.3 Å². The number of aromatic nitrogens is 1. The molecular formula is C20H18N2O4. The Bertz CT molecular complexity index is 994. The van der Waals surface area contributed by atoms with Crippen LogP contribution in [0.3, 0.4) is 0 Å². The molecule has 6 nitrogen and oxygen atoms in total. The molecule has 2 aromatic carbocycles. The first-order valence-corrected chi connectivity index (χ1v) is 8.33. The van der Waals surface area contributed by atoms with Crippen molar-refractivity contribution in [2.75, 3.05) is 7.11 Å². The van der Waals surface area contributed by atoms with Crippen LogP contribution in [0.25, 0.3) is 10.9 Å². The van der Waals surface area contributed by atoms with E-state index >= 15 is 0 Å². The molecule has 3 aromatic rings. The third-order valence-electron chi connectivity index (χ3n) is 4.51. The highest BCUT2D eigenvalue weighted by molar-refractivity contribution is 6.01. The minimum atomic E-state index is -0.585. The van der Waals surface area contributed by atoms with Crippen LogP contribution < -0.4 is 4.74 Å². The number of carbonyl (C=O) groups is 2. The molecule has 1 atom stereocenters. The first-order valence-electron chi connectivity index (χ1n) is 8.33. The number of ether oxygens (including phenoxy) is 1. The van der Waals surface area contributed by atoms with Crippen LogP contribution in [0.1, 0.15) is 28.6 Å². The number of para-hydroxylation sites is 1. The molecule has 1 aliphatic rings. The molecule has 0 bridgehead atoms. The van der Waals surface area contributed by atoms with E-state index in [0.29, 0.717) is 11.4 Å². The average molecular weight is 350 g/mol. The molecule has 26 heavy (non-hydrogen) atoms. The van der Waals surface area contributed by atoms with Crippen LogP contribution in [0.2, 0.25) is 0 Å². The summed E-state index contributed by atoms with van der Waals surface area (Å²) >= 11 is 0. The maximum Gasteiger partial charge on any atom is 0.315 e. The fraction of sp³-hybridized carbons (Fsp3) is 0.200. The zero-order valence-corrected chi connectivity index (χ0v) is 14.5. The van der Waals surface area contributed by atoms with Crippen molar-refractivity contribution in [2.24, 2.45) is 0 Å². The molecule has 0 saturated carbocycles. The van der Waals surface area contributed by atoms with E-state index in [1.807, 2.05) is 41.8 Å². The number of carbonyl (C=O) groups excluding carboxylic acids is 2. The van der Waals surface area contributed by atoms with Gasteiger partial charge in [-0.1, -0.05) is 30.3 Å².